The van der Waals surface area contributed by atoms with Gasteiger partial charge in [-0.3, -0.25) is 4.79 Å². The first-order valence-corrected chi connectivity index (χ1v) is 5.21. The summed E-state index contributed by atoms with van der Waals surface area (Å²) in [6.45, 7) is 1.63. The van der Waals surface area contributed by atoms with Gasteiger partial charge in [0.15, 0.2) is 11.5 Å². The Labute approximate surface area is 93.1 Å². The molecule has 0 aromatic heterocycles. The highest BCUT2D eigenvalue weighted by atomic mass is 16.3. The minimum atomic E-state index is -0.369. The summed E-state index contributed by atoms with van der Waals surface area (Å²) in [5.41, 5.74) is 0.104. The Kier molecular flexibility index (Phi) is 2.96. The Morgan fingerprint density at radius 3 is 2.94 bits per heavy atom. The molecule has 5 heteroatoms. The van der Waals surface area contributed by atoms with Crippen LogP contribution in [0, 0.1) is 0 Å². The van der Waals surface area contributed by atoms with E-state index in [0.717, 1.165) is 19.5 Å². The van der Waals surface area contributed by atoms with Crippen molar-refractivity contribution in [3.63, 3.8) is 0 Å². The fourth-order valence-corrected chi connectivity index (χ4v) is 1.76. The smallest absolute Gasteiger partial charge is 0.255 e. The van der Waals surface area contributed by atoms with E-state index in [4.69, 9.17) is 0 Å². The second-order valence-corrected chi connectivity index (χ2v) is 3.84. The molecule has 0 spiro atoms. The van der Waals surface area contributed by atoms with Gasteiger partial charge in [-0.2, -0.15) is 0 Å². The van der Waals surface area contributed by atoms with Crippen LogP contribution in [0.5, 0.6) is 11.5 Å². The highest BCUT2D eigenvalue weighted by molar-refractivity contribution is 5.97. The zero-order valence-electron chi connectivity index (χ0n) is 8.73. The lowest BCUT2D eigenvalue weighted by Gasteiger charge is -2.12. The van der Waals surface area contributed by atoms with Crippen molar-refractivity contribution < 1.29 is 15.0 Å². The summed E-state index contributed by atoms with van der Waals surface area (Å²) < 4.78 is 0. The zero-order chi connectivity index (χ0) is 11.5. The van der Waals surface area contributed by atoms with Crippen LogP contribution in [-0.4, -0.2) is 35.3 Å². The highest BCUT2D eigenvalue weighted by Crippen LogP contribution is 2.28. The fourth-order valence-electron chi connectivity index (χ4n) is 1.76. The number of nitrogens with one attached hydrogen (secondary N) is 2. The van der Waals surface area contributed by atoms with Gasteiger partial charge < -0.3 is 20.8 Å². The van der Waals surface area contributed by atoms with E-state index in [-0.39, 0.29) is 29.0 Å². The molecule has 2 rings (SSSR count). The van der Waals surface area contributed by atoms with Crippen molar-refractivity contribution in [2.75, 3.05) is 13.1 Å². The van der Waals surface area contributed by atoms with E-state index in [1.165, 1.54) is 18.2 Å². The Hall–Kier alpha value is -1.75. The average Bonchev–Trinajstić information content (AvgIpc) is 2.74. The molecule has 1 atom stereocenters. The van der Waals surface area contributed by atoms with E-state index in [2.05, 4.69) is 10.6 Å². The van der Waals surface area contributed by atoms with Crippen LogP contribution in [0.2, 0.25) is 0 Å². The van der Waals surface area contributed by atoms with Gasteiger partial charge in [-0.15, -0.1) is 0 Å². The molecule has 0 radical (unpaired) electrons. The fraction of sp³-hybridized carbons (Fsp3) is 0.364. The van der Waals surface area contributed by atoms with Gasteiger partial charge in [0.25, 0.3) is 5.91 Å². The van der Waals surface area contributed by atoms with Crippen LogP contribution in [0.1, 0.15) is 16.8 Å². The normalized spacial score (nSPS) is 19.6. The number of phenolic OH excluding ortho intramolecular Hbond substituents is 2. The summed E-state index contributed by atoms with van der Waals surface area (Å²) in [5, 5.41) is 24.7. The molecule has 1 aromatic carbocycles. The second kappa shape index (κ2) is 4.40. The Morgan fingerprint density at radius 1 is 1.44 bits per heavy atom. The maximum atomic E-state index is 11.8. The number of benzene rings is 1. The van der Waals surface area contributed by atoms with E-state index in [0.29, 0.717) is 0 Å². The maximum Gasteiger partial charge on any atom is 0.255 e. The average molecular weight is 222 g/mol. The van der Waals surface area contributed by atoms with Crippen molar-refractivity contribution in [1.82, 2.24) is 10.6 Å². The number of amides is 1. The number of carbonyl (C=O) groups is 1. The third-order valence-corrected chi connectivity index (χ3v) is 2.65. The summed E-state index contributed by atoms with van der Waals surface area (Å²) in [7, 11) is 0. The Bertz CT molecular complexity index is 400. The number of aromatic hydroxyl groups is 2. The molecule has 1 fully saturated rings. The molecule has 1 amide bonds. The Morgan fingerprint density at radius 2 is 2.25 bits per heavy atom. The molecule has 0 bridgehead atoms. The van der Waals surface area contributed by atoms with E-state index >= 15 is 0 Å². The monoisotopic (exact) mass is 222 g/mol. The molecule has 5 nitrogen and oxygen atoms in total. The summed E-state index contributed by atoms with van der Waals surface area (Å²) in [5.74, 6) is -1.01. The van der Waals surface area contributed by atoms with Crippen LogP contribution >= 0.6 is 0 Å². The van der Waals surface area contributed by atoms with Crippen LogP contribution in [0.15, 0.2) is 18.2 Å². The van der Waals surface area contributed by atoms with E-state index < -0.39 is 0 Å². The SMILES string of the molecule is O=C(NC1CCNC1)c1cccc(O)c1O. The lowest BCUT2D eigenvalue weighted by molar-refractivity contribution is 0.0936. The van der Waals surface area contributed by atoms with Crippen LogP contribution < -0.4 is 10.6 Å². The van der Waals surface area contributed by atoms with Crippen molar-refractivity contribution in [3.05, 3.63) is 23.8 Å². The van der Waals surface area contributed by atoms with Gasteiger partial charge in [0, 0.05) is 12.6 Å². The van der Waals surface area contributed by atoms with Crippen LogP contribution in [0.25, 0.3) is 0 Å². The third-order valence-electron chi connectivity index (χ3n) is 2.65. The lowest BCUT2D eigenvalue weighted by Crippen LogP contribution is -2.36. The van der Waals surface area contributed by atoms with Gasteiger partial charge >= 0.3 is 0 Å². The Balaban J connectivity index is 2.11. The topological polar surface area (TPSA) is 81.6 Å². The molecule has 0 aliphatic carbocycles. The number of carbonyl (C=O) groups excluding carboxylic acids is 1. The van der Waals surface area contributed by atoms with Gasteiger partial charge in [-0.1, -0.05) is 6.07 Å². The molecule has 1 saturated heterocycles. The number of phenols is 2. The second-order valence-electron chi connectivity index (χ2n) is 3.84. The molecular weight excluding hydrogens is 208 g/mol. The molecule has 0 saturated carbocycles. The van der Waals surface area contributed by atoms with Gasteiger partial charge in [-0.25, -0.2) is 0 Å². The van der Waals surface area contributed by atoms with Gasteiger partial charge in [0.1, 0.15) is 0 Å². The number of hydrogen-bond donors (Lipinski definition) is 4. The molecule has 1 aromatic rings. The van der Waals surface area contributed by atoms with Crippen molar-refractivity contribution in [2.24, 2.45) is 0 Å². The van der Waals surface area contributed by atoms with Gasteiger partial charge in [-0.05, 0) is 25.1 Å². The van der Waals surface area contributed by atoms with Crippen LogP contribution in [0.3, 0.4) is 0 Å². The summed E-state index contributed by atoms with van der Waals surface area (Å²) in [6, 6.07) is 4.43. The summed E-state index contributed by atoms with van der Waals surface area (Å²) in [4.78, 5) is 11.8. The predicted molar refractivity (Wildman–Crippen MR) is 58.5 cm³/mol. The molecule has 1 unspecified atom stereocenters. The number of rotatable bonds is 2. The first kappa shape index (κ1) is 10.8. The summed E-state index contributed by atoms with van der Waals surface area (Å²) in [6.07, 6.45) is 0.880. The minimum absolute atomic E-state index is 0.0919. The van der Waals surface area contributed by atoms with Crippen molar-refractivity contribution in [2.45, 2.75) is 12.5 Å². The standard InChI is InChI=1S/C11H14N2O3/c14-9-3-1-2-8(10(9)15)11(16)13-7-4-5-12-6-7/h1-3,7,12,14-15H,4-6H2,(H,13,16). The lowest BCUT2D eigenvalue weighted by atomic mass is 10.1. The van der Waals surface area contributed by atoms with E-state index in [1.807, 2.05) is 0 Å². The molecular formula is C11H14N2O3. The largest absolute Gasteiger partial charge is 0.504 e. The minimum Gasteiger partial charge on any atom is -0.504 e. The van der Waals surface area contributed by atoms with Crippen molar-refractivity contribution in [1.29, 1.82) is 0 Å². The first-order valence-electron chi connectivity index (χ1n) is 5.21. The number of hydrogen-bond acceptors (Lipinski definition) is 4. The summed E-state index contributed by atoms with van der Waals surface area (Å²) >= 11 is 0. The predicted octanol–water partition coefficient (Wildman–Crippen LogP) is 0.189. The van der Waals surface area contributed by atoms with E-state index in [9.17, 15) is 15.0 Å². The zero-order valence-corrected chi connectivity index (χ0v) is 8.73. The maximum absolute atomic E-state index is 11.8. The first-order chi connectivity index (χ1) is 7.68. The molecule has 86 valence electrons. The molecule has 1 aliphatic heterocycles. The molecule has 1 heterocycles. The molecule has 16 heavy (non-hydrogen) atoms. The third kappa shape index (κ3) is 2.09. The van der Waals surface area contributed by atoms with Crippen molar-refractivity contribution in [3.8, 4) is 11.5 Å². The van der Waals surface area contributed by atoms with Crippen LogP contribution in [-0.2, 0) is 0 Å². The number of para-hydroxylation sites is 1. The molecule has 4 N–H and O–H groups in total. The van der Waals surface area contributed by atoms with E-state index in [1.54, 1.807) is 0 Å². The molecule has 1 aliphatic rings. The van der Waals surface area contributed by atoms with Crippen LogP contribution in [0.4, 0.5) is 0 Å². The van der Waals surface area contributed by atoms with Crippen molar-refractivity contribution >= 4 is 5.91 Å². The van der Waals surface area contributed by atoms with Gasteiger partial charge in [0.05, 0.1) is 5.56 Å². The van der Waals surface area contributed by atoms with Gasteiger partial charge in [0.2, 0.25) is 0 Å². The quantitative estimate of drug-likeness (QED) is 0.538. The highest BCUT2D eigenvalue weighted by Gasteiger charge is 2.20.